The highest BCUT2D eigenvalue weighted by Crippen LogP contribution is 2.46. The van der Waals surface area contributed by atoms with Crippen LogP contribution in [0, 0.1) is 5.92 Å². The summed E-state index contributed by atoms with van der Waals surface area (Å²) in [5.41, 5.74) is 0. The van der Waals surface area contributed by atoms with Crippen molar-refractivity contribution in [1.29, 1.82) is 0 Å². The molecule has 1 aromatic rings. The van der Waals surface area contributed by atoms with Crippen molar-refractivity contribution < 1.29 is 0 Å². The van der Waals surface area contributed by atoms with E-state index in [1.54, 1.807) is 4.88 Å². The van der Waals surface area contributed by atoms with Gasteiger partial charge in [0.25, 0.3) is 0 Å². The molecule has 0 bridgehead atoms. The van der Waals surface area contributed by atoms with E-state index in [0.29, 0.717) is 6.04 Å². The molecule has 0 unspecified atom stereocenters. The van der Waals surface area contributed by atoms with Gasteiger partial charge < -0.3 is 5.32 Å². The Hall–Kier alpha value is 0.1000. The van der Waals surface area contributed by atoms with Crippen molar-refractivity contribution in [2.24, 2.45) is 5.92 Å². The zero-order valence-electron chi connectivity index (χ0n) is 9.29. The summed E-state index contributed by atoms with van der Waals surface area (Å²) in [6, 6.07) is 5.19. The predicted molar refractivity (Wildman–Crippen MR) is 71.9 cm³/mol. The van der Waals surface area contributed by atoms with Gasteiger partial charge >= 0.3 is 0 Å². The van der Waals surface area contributed by atoms with Crippen molar-refractivity contribution in [3.05, 3.63) is 20.8 Å². The standard InChI is InChI=1S/C12H17BrN2S/c13-11-4-3-10(16-11)12(9-1-2-9)15-7-5-14-6-8-15/h3-4,9,12,14H,1-2,5-8H2/t12-/m0/s1. The van der Waals surface area contributed by atoms with Crippen molar-refractivity contribution in [2.75, 3.05) is 26.2 Å². The maximum atomic E-state index is 3.58. The molecule has 1 saturated heterocycles. The highest BCUT2D eigenvalue weighted by atomic mass is 79.9. The number of rotatable bonds is 3. The summed E-state index contributed by atoms with van der Waals surface area (Å²) >= 11 is 5.49. The Kier molecular flexibility index (Phi) is 3.34. The summed E-state index contributed by atoms with van der Waals surface area (Å²) in [5.74, 6) is 0.920. The fraction of sp³-hybridized carbons (Fsp3) is 0.667. The third-order valence-corrected chi connectivity index (χ3v) is 5.19. The molecule has 0 aromatic carbocycles. The minimum atomic E-state index is 0.693. The second-order valence-electron chi connectivity index (χ2n) is 4.71. The van der Waals surface area contributed by atoms with Gasteiger partial charge in [-0.25, -0.2) is 0 Å². The molecule has 1 aromatic heterocycles. The third-order valence-electron chi connectivity index (χ3n) is 3.50. The van der Waals surface area contributed by atoms with E-state index in [4.69, 9.17) is 0 Å². The molecule has 2 heterocycles. The van der Waals surface area contributed by atoms with Gasteiger partial charge in [-0.3, -0.25) is 4.90 Å². The molecule has 3 rings (SSSR count). The molecule has 1 aliphatic heterocycles. The number of hydrogen-bond acceptors (Lipinski definition) is 3. The zero-order chi connectivity index (χ0) is 11.0. The van der Waals surface area contributed by atoms with Crippen molar-refractivity contribution in [1.82, 2.24) is 10.2 Å². The summed E-state index contributed by atoms with van der Waals surface area (Å²) in [7, 11) is 0. The number of nitrogens with zero attached hydrogens (tertiary/aromatic N) is 1. The van der Waals surface area contributed by atoms with Gasteiger partial charge in [0, 0.05) is 37.1 Å². The molecular weight excluding hydrogens is 284 g/mol. The summed E-state index contributed by atoms with van der Waals surface area (Å²) in [6.45, 7) is 4.71. The molecule has 0 radical (unpaired) electrons. The molecule has 1 aliphatic carbocycles. The normalized spacial score (nSPS) is 24.6. The van der Waals surface area contributed by atoms with Crippen molar-refractivity contribution in [3.8, 4) is 0 Å². The SMILES string of the molecule is Brc1ccc([C@H](C2CC2)N2CCNCC2)s1. The molecule has 1 N–H and O–H groups in total. The van der Waals surface area contributed by atoms with E-state index in [1.165, 1.54) is 29.7 Å². The molecule has 2 aliphatic rings. The van der Waals surface area contributed by atoms with E-state index >= 15 is 0 Å². The highest BCUT2D eigenvalue weighted by molar-refractivity contribution is 9.11. The molecule has 0 spiro atoms. The lowest BCUT2D eigenvalue weighted by molar-refractivity contribution is 0.158. The summed E-state index contributed by atoms with van der Waals surface area (Å²) in [5, 5.41) is 3.44. The zero-order valence-corrected chi connectivity index (χ0v) is 11.7. The fourth-order valence-electron chi connectivity index (χ4n) is 2.57. The molecule has 88 valence electrons. The van der Waals surface area contributed by atoms with Crippen LogP contribution >= 0.6 is 27.3 Å². The van der Waals surface area contributed by atoms with Crippen LogP contribution in [-0.4, -0.2) is 31.1 Å². The Morgan fingerprint density at radius 2 is 2.06 bits per heavy atom. The lowest BCUT2D eigenvalue weighted by Gasteiger charge is -2.34. The van der Waals surface area contributed by atoms with E-state index < -0.39 is 0 Å². The van der Waals surface area contributed by atoms with E-state index in [-0.39, 0.29) is 0 Å². The molecule has 2 fully saturated rings. The molecule has 1 atom stereocenters. The van der Waals surface area contributed by atoms with Crippen LogP contribution < -0.4 is 5.32 Å². The number of hydrogen-bond donors (Lipinski definition) is 1. The number of nitrogens with one attached hydrogen (secondary N) is 1. The van der Waals surface area contributed by atoms with Crippen LogP contribution in [0.25, 0.3) is 0 Å². The van der Waals surface area contributed by atoms with Crippen LogP contribution in [0.1, 0.15) is 23.8 Å². The van der Waals surface area contributed by atoms with Gasteiger partial charge in [-0.1, -0.05) is 0 Å². The van der Waals surface area contributed by atoms with Crippen LogP contribution in [-0.2, 0) is 0 Å². The first kappa shape index (κ1) is 11.2. The van der Waals surface area contributed by atoms with Crippen LogP contribution in [0.3, 0.4) is 0 Å². The second-order valence-corrected chi connectivity index (χ2v) is 7.20. The Morgan fingerprint density at radius 3 is 2.62 bits per heavy atom. The third kappa shape index (κ3) is 2.35. The molecule has 4 heteroatoms. The minimum Gasteiger partial charge on any atom is -0.314 e. The summed E-state index contributed by atoms with van der Waals surface area (Å²) < 4.78 is 1.27. The first-order valence-corrected chi connectivity index (χ1v) is 7.65. The van der Waals surface area contributed by atoms with E-state index in [9.17, 15) is 0 Å². The van der Waals surface area contributed by atoms with Gasteiger partial charge in [0.05, 0.1) is 3.79 Å². The number of piperazine rings is 1. The molecular formula is C12H17BrN2S. The van der Waals surface area contributed by atoms with E-state index in [1.807, 2.05) is 11.3 Å². The topological polar surface area (TPSA) is 15.3 Å². The van der Waals surface area contributed by atoms with E-state index in [2.05, 4.69) is 38.3 Å². The lowest BCUT2D eigenvalue weighted by atomic mass is 10.1. The van der Waals surface area contributed by atoms with Crippen LogP contribution in [0.5, 0.6) is 0 Å². The van der Waals surface area contributed by atoms with Crippen LogP contribution in [0.15, 0.2) is 15.9 Å². The first-order valence-electron chi connectivity index (χ1n) is 6.04. The quantitative estimate of drug-likeness (QED) is 0.923. The Bertz CT molecular complexity index is 356. The molecule has 0 amide bonds. The van der Waals surface area contributed by atoms with Gasteiger partial charge in [0.1, 0.15) is 0 Å². The summed E-state index contributed by atoms with van der Waals surface area (Å²) in [6.07, 6.45) is 2.84. The maximum Gasteiger partial charge on any atom is 0.0701 e. The van der Waals surface area contributed by atoms with Gasteiger partial charge in [-0.05, 0) is 46.8 Å². The van der Waals surface area contributed by atoms with E-state index in [0.717, 1.165) is 19.0 Å². The highest BCUT2D eigenvalue weighted by Gasteiger charge is 2.37. The molecule has 2 nitrogen and oxygen atoms in total. The largest absolute Gasteiger partial charge is 0.314 e. The predicted octanol–water partition coefficient (Wildman–Crippen LogP) is 2.87. The Morgan fingerprint density at radius 1 is 1.31 bits per heavy atom. The smallest absolute Gasteiger partial charge is 0.0701 e. The first-order chi connectivity index (χ1) is 7.84. The Balaban J connectivity index is 1.79. The fourth-order valence-corrected chi connectivity index (χ4v) is 4.22. The van der Waals surface area contributed by atoms with Gasteiger partial charge in [-0.15, -0.1) is 11.3 Å². The van der Waals surface area contributed by atoms with Crippen LogP contribution in [0.4, 0.5) is 0 Å². The second kappa shape index (κ2) is 4.77. The van der Waals surface area contributed by atoms with Crippen molar-refractivity contribution in [3.63, 3.8) is 0 Å². The monoisotopic (exact) mass is 300 g/mol. The van der Waals surface area contributed by atoms with Gasteiger partial charge in [0.2, 0.25) is 0 Å². The Labute approximate surface area is 109 Å². The average Bonchev–Trinajstić information content (AvgIpc) is 3.04. The molecule has 16 heavy (non-hydrogen) atoms. The van der Waals surface area contributed by atoms with Crippen LogP contribution in [0.2, 0.25) is 0 Å². The van der Waals surface area contributed by atoms with Crippen molar-refractivity contribution >= 4 is 27.3 Å². The number of halogens is 1. The average molecular weight is 301 g/mol. The van der Waals surface area contributed by atoms with Crippen molar-refractivity contribution in [2.45, 2.75) is 18.9 Å². The number of thiophene rings is 1. The maximum absolute atomic E-state index is 3.58. The summed E-state index contributed by atoms with van der Waals surface area (Å²) in [4.78, 5) is 4.23. The van der Waals surface area contributed by atoms with Gasteiger partial charge in [0.15, 0.2) is 0 Å². The van der Waals surface area contributed by atoms with Gasteiger partial charge in [-0.2, -0.15) is 0 Å². The molecule has 1 saturated carbocycles. The lowest BCUT2D eigenvalue weighted by Crippen LogP contribution is -2.45. The minimum absolute atomic E-state index is 0.693.